The summed E-state index contributed by atoms with van der Waals surface area (Å²) in [7, 11) is 0. The zero-order valence-corrected chi connectivity index (χ0v) is 12.9. The molecule has 1 heterocycles. The van der Waals surface area contributed by atoms with Crippen molar-refractivity contribution in [1.29, 1.82) is 0 Å². The van der Waals surface area contributed by atoms with Crippen LogP contribution in [0.5, 0.6) is 0 Å². The third-order valence-corrected chi connectivity index (χ3v) is 4.50. The van der Waals surface area contributed by atoms with Gasteiger partial charge in [-0.25, -0.2) is 0 Å². The van der Waals surface area contributed by atoms with Crippen LogP contribution in [0.3, 0.4) is 0 Å². The molecule has 0 aromatic heterocycles. The van der Waals surface area contributed by atoms with Crippen LogP contribution in [0.2, 0.25) is 0 Å². The molecule has 1 aliphatic carbocycles. The van der Waals surface area contributed by atoms with Gasteiger partial charge in [0.05, 0.1) is 6.04 Å². The third kappa shape index (κ3) is 5.70. The van der Waals surface area contributed by atoms with E-state index in [0.717, 1.165) is 31.7 Å². The van der Waals surface area contributed by atoms with Crippen LogP contribution in [-0.2, 0) is 4.79 Å². The number of hydrogen-bond donors (Lipinski definition) is 2. The highest BCUT2D eigenvalue weighted by molar-refractivity contribution is 5.85. The van der Waals surface area contributed by atoms with Crippen LogP contribution in [0.4, 0.5) is 0 Å². The molecule has 4 heteroatoms. The summed E-state index contributed by atoms with van der Waals surface area (Å²) in [5.74, 6) is 1.13. The standard InChI is InChI=1S/C15H28N2O.ClH/c1-12(9-10-13-6-3-2-4-7-13)17-15(18)14-8-5-11-16-14;/h12-14,16H,2-11H2,1H3,(H,17,18);1H. The smallest absolute Gasteiger partial charge is 0.237 e. The maximum absolute atomic E-state index is 11.9. The van der Waals surface area contributed by atoms with Gasteiger partial charge in [0.2, 0.25) is 5.91 Å². The van der Waals surface area contributed by atoms with Crippen LogP contribution in [0, 0.1) is 5.92 Å². The Bertz CT molecular complexity index is 261. The van der Waals surface area contributed by atoms with E-state index in [4.69, 9.17) is 0 Å². The first-order valence-electron chi connectivity index (χ1n) is 7.79. The Labute approximate surface area is 123 Å². The Morgan fingerprint density at radius 2 is 1.95 bits per heavy atom. The van der Waals surface area contributed by atoms with Crippen LogP contribution in [-0.4, -0.2) is 24.5 Å². The van der Waals surface area contributed by atoms with E-state index in [-0.39, 0.29) is 24.4 Å². The van der Waals surface area contributed by atoms with Crippen molar-refractivity contribution in [3.05, 3.63) is 0 Å². The molecule has 1 aliphatic heterocycles. The van der Waals surface area contributed by atoms with Crippen molar-refractivity contribution >= 4 is 18.3 Å². The highest BCUT2D eigenvalue weighted by Gasteiger charge is 2.23. The molecule has 1 amide bonds. The van der Waals surface area contributed by atoms with Crippen molar-refractivity contribution in [3.8, 4) is 0 Å². The Morgan fingerprint density at radius 3 is 2.58 bits per heavy atom. The molecular weight excluding hydrogens is 260 g/mol. The molecule has 19 heavy (non-hydrogen) atoms. The lowest BCUT2D eigenvalue weighted by Crippen LogP contribution is -2.44. The van der Waals surface area contributed by atoms with E-state index in [1.54, 1.807) is 0 Å². The Morgan fingerprint density at radius 1 is 1.21 bits per heavy atom. The Balaban J connectivity index is 0.00000180. The molecule has 1 saturated carbocycles. The van der Waals surface area contributed by atoms with Gasteiger partial charge >= 0.3 is 0 Å². The summed E-state index contributed by atoms with van der Waals surface area (Å²) in [6, 6.07) is 0.406. The topological polar surface area (TPSA) is 41.1 Å². The SMILES string of the molecule is CC(CCC1CCCCC1)NC(=O)C1CCCN1.Cl. The van der Waals surface area contributed by atoms with Gasteiger partial charge in [0.1, 0.15) is 0 Å². The third-order valence-electron chi connectivity index (χ3n) is 4.50. The maximum atomic E-state index is 11.9. The lowest BCUT2D eigenvalue weighted by Gasteiger charge is -2.24. The van der Waals surface area contributed by atoms with Gasteiger partial charge in [-0.2, -0.15) is 0 Å². The van der Waals surface area contributed by atoms with Crippen LogP contribution < -0.4 is 10.6 Å². The maximum Gasteiger partial charge on any atom is 0.237 e. The summed E-state index contributed by atoms with van der Waals surface area (Å²) >= 11 is 0. The number of amides is 1. The van der Waals surface area contributed by atoms with Gasteiger partial charge in [-0.3, -0.25) is 4.79 Å². The lowest BCUT2D eigenvalue weighted by atomic mass is 9.85. The molecule has 0 aromatic carbocycles. The molecule has 0 aromatic rings. The monoisotopic (exact) mass is 288 g/mol. The van der Waals surface area contributed by atoms with E-state index < -0.39 is 0 Å². The van der Waals surface area contributed by atoms with Gasteiger partial charge < -0.3 is 10.6 Å². The van der Waals surface area contributed by atoms with E-state index in [1.165, 1.54) is 38.5 Å². The van der Waals surface area contributed by atoms with E-state index in [2.05, 4.69) is 17.6 Å². The second-order valence-corrected chi connectivity index (χ2v) is 6.14. The number of halogens is 1. The van der Waals surface area contributed by atoms with Gasteiger partial charge in [-0.1, -0.05) is 32.1 Å². The first kappa shape index (κ1) is 16.8. The molecule has 2 N–H and O–H groups in total. The van der Waals surface area contributed by atoms with Gasteiger partial charge in [0.25, 0.3) is 0 Å². The van der Waals surface area contributed by atoms with Crippen molar-refractivity contribution in [2.45, 2.75) is 76.8 Å². The van der Waals surface area contributed by atoms with E-state index in [9.17, 15) is 4.79 Å². The average molecular weight is 289 g/mol. The molecule has 0 bridgehead atoms. The molecular formula is C15H29ClN2O. The molecule has 2 fully saturated rings. The van der Waals surface area contributed by atoms with Gasteiger partial charge in [-0.05, 0) is 45.1 Å². The molecule has 1 saturated heterocycles. The van der Waals surface area contributed by atoms with Crippen LogP contribution in [0.1, 0.15) is 64.7 Å². The normalized spacial score (nSPS) is 25.6. The minimum atomic E-state index is 0. The number of nitrogens with one attached hydrogen (secondary N) is 2. The number of hydrogen-bond acceptors (Lipinski definition) is 2. The second kappa shape index (κ2) is 8.80. The van der Waals surface area contributed by atoms with E-state index in [1.807, 2.05) is 0 Å². The van der Waals surface area contributed by atoms with Crippen molar-refractivity contribution in [3.63, 3.8) is 0 Å². The number of carbonyl (C=O) groups is 1. The highest BCUT2D eigenvalue weighted by Crippen LogP contribution is 2.27. The van der Waals surface area contributed by atoms with Crippen molar-refractivity contribution in [1.82, 2.24) is 10.6 Å². The number of rotatable bonds is 5. The largest absolute Gasteiger partial charge is 0.352 e. The summed E-state index contributed by atoms with van der Waals surface area (Å²) in [5.41, 5.74) is 0. The van der Waals surface area contributed by atoms with Gasteiger partial charge in [0.15, 0.2) is 0 Å². The number of carbonyl (C=O) groups excluding carboxylic acids is 1. The van der Waals surface area contributed by atoms with Crippen molar-refractivity contribution in [2.75, 3.05) is 6.54 Å². The molecule has 112 valence electrons. The second-order valence-electron chi connectivity index (χ2n) is 6.14. The minimum Gasteiger partial charge on any atom is -0.352 e. The molecule has 2 rings (SSSR count). The summed E-state index contributed by atoms with van der Waals surface area (Å²) in [4.78, 5) is 11.9. The fourth-order valence-corrected chi connectivity index (χ4v) is 3.29. The van der Waals surface area contributed by atoms with Crippen LogP contribution in [0.25, 0.3) is 0 Å². The lowest BCUT2D eigenvalue weighted by molar-refractivity contribution is -0.123. The average Bonchev–Trinajstić information content (AvgIpc) is 2.91. The summed E-state index contributed by atoms with van der Waals surface area (Å²) in [6.07, 6.45) is 11.6. The molecule has 2 unspecified atom stereocenters. The zero-order chi connectivity index (χ0) is 12.8. The van der Waals surface area contributed by atoms with E-state index >= 15 is 0 Å². The summed E-state index contributed by atoms with van der Waals surface area (Å²) in [5, 5.41) is 6.42. The van der Waals surface area contributed by atoms with Gasteiger partial charge in [0, 0.05) is 6.04 Å². The first-order chi connectivity index (χ1) is 8.75. The van der Waals surface area contributed by atoms with E-state index in [0.29, 0.717) is 6.04 Å². The fraction of sp³-hybridized carbons (Fsp3) is 0.933. The zero-order valence-electron chi connectivity index (χ0n) is 12.1. The molecule has 2 aliphatic rings. The van der Waals surface area contributed by atoms with Crippen molar-refractivity contribution < 1.29 is 4.79 Å². The predicted octanol–water partition coefficient (Wildman–Crippen LogP) is 3.03. The Kier molecular flexibility index (Phi) is 7.77. The first-order valence-corrected chi connectivity index (χ1v) is 7.79. The quantitative estimate of drug-likeness (QED) is 0.816. The van der Waals surface area contributed by atoms with Crippen LogP contribution in [0.15, 0.2) is 0 Å². The fourth-order valence-electron chi connectivity index (χ4n) is 3.29. The summed E-state index contributed by atoms with van der Waals surface area (Å²) in [6.45, 7) is 3.14. The van der Waals surface area contributed by atoms with Gasteiger partial charge in [-0.15, -0.1) is 12.4 Å². The minimum absolute atomic E-state index is 0. The molecule has 0 radical (unpaired) electrons. The molecule has 3 nitrogen and oxygen atoms in total. The summed E-state index contributed by atoms with van der Waals surface area (Å²) < 4.78 is 0. The predicted molar refractivity (Wildman–Crippen MR) is 81.7 cm³/mol. The Hall–Kier alpha value is -0.280. The highest BCUT2D eigenvalue weighted by atomic mass is 35.5. The van der Waals surface area contributed by atoms with Crippen molar-refractivity contribution in [2.24, 2.45) is 5.92 Å². The molecule has 2 atom stereocenters. The van der Waals surface area contributed by atoms with Crippen LogP contribution >= 0.6 is 12.4 Å². The molecule has 0 spiro atoms.